The standard InChI is InChI=1S/C44H30N2/c1-2-13-31(14-3-1)46-41-24-11-10-23-40(41)45-43(46)30-27-25-29(26-28-30)32-18-12-22-39-42(32)35-17-6-9-21-38(35)44(39)36-19-7-4-15-33(36)34-16-5-8-20-37(34)44/h1-28,43,45H. The van der Waals surface area contributed by atoms with E-state index in [0.29, 0.717) is 0 Å². The van der Waals surface area contributed by atoms with Crippen LogP contribution in [-0.2, 0) is 5.41 Å². The molecule has 0 saturated heterocycles. The fourth-order valence-corrected chi connectivity index (χ4v) is 8.49. The first kappa shape index (κ1) is 25.5. The zero-order valence-corrected chi connectivity index (χ0v) is 25.2. The molecule has 2 aliphatic carbocycles. The molecule has 1 unspecified atom stereocenters. The molecule has 3 aliphatic rings. The van der Waals surface area contributed by atoms with E-state index in [-0.39, 0.29) is 11.6 Å². The van der Waals surface area contributed by atoms with Gasteiger partial charge in [0.15, 0.2) is 0 Å². The predicted octanol–water partition coefficient (Wildman–Crippen LogP) is 11.0. The van der Waals surface area contributed by atoms with E-state index in [4.69, 9.17) is 0 Å². The number of nitrogens with zero attached hydrogens (tertiary/aromatic N) is 1. The lowest BCUT2D eigenvalue weighted by Gasteiger charge is -2.30. The Bertz CT molecular complexity index is 2260. The third-order valence-electron chi connectivity index (χ3n) is 10.3. The molecular weight excluding hydrogens is 556 g/mol. The molecule has 0 fully saturated rings. The summed E-state index contributed by atoms with van der Waals surface area (Å²) < 4.78 is 0. The van der Waals surface area contributed by atoms with Gasteiger partial charge in [0.25, 0.3) is 0 Å². The van der Waals surface area contributed by atoms with Crippen molar-refractivity contribution < 1.29 is 0 Å². The van der Waals surface area contributed by atoms with Gasteiger partial charge in [0, 0.05) is 5.69 Å². The first-order chi connectivity index (χ1) is 22.8. The van der Waals surface area contributed by atoms with Crippen LogP contribution >= 0.6 is 0 Å². The average Bonchev–Trinajstić information content (AvgIpc) is 3.77. The number of hydrogen-bond acceptors (Lipinski definition) is 2. The molecule has 1 spiro atoms. The van der Waals surface area contributed by atoms with E-state index >= 15 is 0 Å². The monoisotopic (exact) mass is 586 g/mol. The molecule has 2 nitrogen and oxygen atoms in total. The topological polar surface area (TPSA) is 15.3 Å². The van der Waals surface area contributed by atoms with Gasteiger partial charge < -0.3 is 10.2 Å². The normalized spacial score (nSPS) is 15.9. The Balaban J connectivity index is 1.13. The minimum Gasteiger partial charge on any atom is -0.359 e. The molecule has 216 valence electrons. The summed E-state index contributed by atoms with van der Waals surface area (Å²) in [4.78, 5) is 2.40. The van der Waals surface area contributed by atoms with Gasteiger partial charge in [-0.25, -0.2) is 0 Å². The fourth-order valence-electron chi connectivity index (χ4n) is 8.49. The van der Waals surface area contributed by atoms with Crippen LogP contribution in [0.5, 0.6) is 0 Å². The molecule has 7 aromatic rings. The third kappa shape index (κ3) is 3.31. The maximum Gasteiger partial charge on any atom is 0.130 e. The molecule has 10 rings (SSSR count). The highest BCUT2D eigenvalue weighted by molar-refractivity contribution is 5.99. The lowest BCUT2D eigenvalue weighted by molar-refractivity contribution is 0.794. The van der Waals surface area contributed by atoms with E-state index in [9.17, 15) is 0 Å². The zero-order chi connectivity index (χ0) is 30.2. The summed E-state index contributed by atoms with van der Waals surface area (Å²) in [6.45, 7) is 0. The van der Waals surface area contributed by atoms with E-state index in [1.165, 1.54) is 72.6 Å². The smallest absolute Gasteiger partial charge is 0.130 e. The van der Waals surface area contributed by atoms with Crippen LogP contribution in [0.3, 0.4) is 0 Å². The molecule has 1 aliphatic heterocycles. The minimum atomic E-state index is -0.329. The van der Waals surface area contributed by atoms with Gasteiger partial charge in [-0.2, -0.15) is 0 Å². The van der Waals surface area contributed by atoms with Crippen molar-refractivity contribution in [3.8, 4) is 33.4 Å². The van der Waals surface area contributed by atoms with E-state index in [0.717, 1.165) is 5.69 Å². The summed E-state index contributed by atoms with van der Waals surface area (Å²) in [5, 5.41) is 3.79. The number of rotatable bonds is 3. The lowest BCUT2D eigenvalue weighted by atomic mass is 9.70. The maximum absolute atomic E-state index is 3.79. The summed E-state index contributed by atoms with van der Waals surface area (Å²) in [5.41, 5.74) is 17.8. The lowest BCUT2D eigenvalue weighted by Crippen LogP contribution is -2.25. The van der Waals surface area contributed by atoms with Gasteiger partial charge in [-0.15, -0.1) is 0 Å². The van der Waals surface area contributed by atoms with Crippen molar-refractivity contribution in [2.45, 2.75) is 11.6 Å². The number of anilines is 3. The maximum atomic E-state index is 3.79. The average molecular weight is 587 g/mol. The first-order valence-electron chi connectivity index (χ1n) is 16.1. The van der Waals surface area contributed by atoms with Crippen LogP contribution in [0.4, 0.5) is 17.1 Å². The van der Waals surface area contributed by atoms with Crippen molar-refractivity contribution in [2.24, 2.45) is 0 Å². The highest BCUT2D eigenvalue weighted by Crippen LogP contribution is 2.63. The molecule has 7 aromatic carbocycles. The van der Waals surface area contributed by atoms with E-state index in [1.807, 2.05) is 0 Å². The number of hydrogen-bond donors (Lipinski definition) is 1. The van der Waals surface area contributed by atoms with Crippen molar-refractivity contribution >= 4 is 17.1 Å². The van der Waals surface area contributed by atoms with Crippen LogP contribution in [0.2, 0.25) is 0 Å². The van der Waals surface area contributed by atoms with Gasteiger partial charge in [-0.1, -0.05) is 146 Å². The quantitative estimate of drug-likeness (QED) is 0.222. The van der Waals surface area contributed by atoms with Crippen LogP contribution in [0.15, 0.2) is 170 Å². The van der Waals surface area contributed by atoms with E-state index in [2.05, 4.69) is 180 Å². The molecule has 0 saturated carbocycles. The molecule has 0 bridgehead atoms. The summed E-state index contributed by atoms with van der Waals surface area (Å²) in [5.74, 6) is 0. The van der Waals surface area contributed by atoms with Crippen LogP contribution in [0.25, 0.3) is 33.4 Å². The van der Waals surface area contributed by atoms with Crippen molar-refractivity contribution in [1.29, 1.82) is 0 Å². The summed E-state index contributed by atoms with van der Waals surface area (Å²) >= 11 is 0. The Morgan fingerprint density at radius 2 is 0.978 bits per heavy atom. The summed E-state index contributed by atoms with van der Waals surface area (Å²) in [6.07, 6.45) is 0.00539. The van der Waals surface area contributed by atoms with E-state index in [1.54, 1.807) is 0 Å². The Hall–Kier alpha value is -5.86. The van der Waals surface area contributed by atoms with Crippen LogP contribution < -0.4 is 10.2 Å². The highest BCUT2D eigenvalue weighted by atomic mass is 15.3. The van der Waals surface area contributed by atoms with Gasteiger partial charge in [0.1, 0.15) is 6.17 Å². The summed E-state index contributed by atoms with van der Waals surface area (Å²) in [6, 6.07) is 62.4. The molecule has 0 aromatic heterocycles. The van der Waals surface area contributed by atoms with Gasteiger partial charge in [0.05, 0.1) is 16.8 Å². The van der Waals surface area contributed by atoms with Gasteiger partial charge in [0.2, 0.25) is 0 Å². The second kappa shape index (κ2) is 9.57. The minimum absolute atomic E-state index is 0.00539. The SMILES string of the molecule is c1ccc(N2c3ccccc3NC2c2ccc(-c3cccc4c3-c3ccccc3C43c4ccccc4-c4ccccc43)cc2)cc1. The molecule has 46 heavy (non-hydrogen) atoms. The largest absolute Gasteiger partial charge is 0.359 e. The number of fused-ring (bicyclic) bond motifs is 11. The Labute approximate surface area is 269 Å². The highest BCUT2D eigenvalue weighted by Gasteiger charge is 2.51. The van der Waals surface area contributed by atoms with Crippen LogP contribution in [-0.4, -0.2) is 0 Å². The fraction of sp³-hybridized carbons (Fsp3) is 0.0455. The first-order valence-corrected chi connectivity index (χ1v) is 16.1. The zero-order valence-electron chi connectivity index (χ0n) is 25.2. The van der Waals surface area contributed by atoms with Crippen molar-refractivity contribution in [3.63, 3.8) is 0 Å². The second-order valence-corrected chi connectivity index (χ2v) is 12.5. The Kier molecular flexibility index (Phi) is 5.30. The Morgan fingerprint density at radius 1 is 0.435 bits per heavy atom. The Morgan fingerprint density at radius 3 is 1.70 bits per heavy atom. The van der Waals surface area contributed by atoms with E-state index < -0.39 is 0 Å². The van der Waals surface area contributed by atoms with Crippen molar-refractivity contribution in [2.75, 3.05) is 10.2 Å². The number of benzene rings is 7. The third-order valence-corrected chi connectivity index (χ3v) is 10.3. The molecular formula is C44H30N2. The molecule has 0 amide bonds. The molecule has 1 heterocycles. The predicted molar refractivity (Wildman–Crippen MR) is 190 cm³/mol. The van der Waals surface area contributed by atoms with Crippen LogP contribution in [0.1, 0.15) is 34.0 Å². The number of nitrogens with one attached hydrogen (secondary N) is 1. The molecule has 1 atom stereocenters. The van der Waals surface area contributed by atoms with Gasteiger partial charge in [-0.3, -0.25) is 0 Å². The van der Waals surface area contributed by atoms with Gasteiger partial charge >= 0.3 is 0 Å². The summed E-state index contributed by atoms with van der Waals surface area (Å²) in [7, 11) is 0. The van der Waals surface area contributed by atoms with Crippen molar-refractivity contribution in [1.82, 2.24) is 0 Å². The number of para-hydroxylation sites is 3. The molecule has 0 radical (unpaired) electrons. The molecule has 1 N–H and O–H groups in total. The van der Waals surface area contributed by atoms with Crippen LogP contribution in [0, 0.1) is 0 Å². The molecule has 2 heteroatoms. The van der Waals surface area contributed by atoms with Crippen molar-refractivity contribution in [3.05, 3.63) is 198 Å². The second-order valence-electron chi connectivity index (χ2n) is 12.5. The van der Waals surface area contributed by atoms with Gasteiger partial charge in [-0.05, 0) is 85.5 Å².